The van der Waals surface area contributed by atoms with E-state index < -0.39 is 17.7 Å². The monoisotopic (exact) mass is 314 g/mol. The van der Waals surface area contributed by atoms with E-state index in [1.54, 1.807) is 27.7 Å². The van der Waals surface area contributed by atoms with Gasteiger partial charge in [0.15, 0.2) is 0 Å². The van der Waals surface area contributed by atoms with Crippen LogP contribution in [0.5, 0.6) is 0 Å². The summed E-state index contributed by atoms with van der Waals surface area (Å²) in [6, 6.07) is 12.9. The van der Waals surface area contributed by atoms with E-state index in [0.29, 0.717) is 5.69 Å². The standard InChI is InChI=1S/C18H22N2O3/c1-12(19-17(22)23-18(2,3)4)16(21)20-15-10-9-13-7-5-6-8-14(13)11-15/h5-12H,1-4H3,(H,19,22)(H,20,21). The first-order valence-corrected chi connectivity index (χ1v) is 7.54. The van der Waals surface area contributed by atoms with Gasteiger partial charge in [-0.15, -0.1) is 0 Å². The number of nitrogens with one attached hydrogen (secondary N) is 2. The molecular weight excluding hydrogens is 292 g/mol. The third-order valence-corrected chi connectivity index (χ3v) is 3.14. The minimum Gasteiger partial charge on any atom is -0.444 e. The van der Waals surface area contributed by atoms with Crippen LogP contribution in [-0.2, 0) is 9.53 Å². The van der Waals surface area contributed by atoms with Crippen molar-refractivity contribution < 1.29 is 14.3 Å². The van der Waals surface area contributed by atoms with Crippen LogP contribution in [0.3, 0.4) is 0 Å². The van der Waals surface area contributed by atoms with Crippen molar-refractivity contribution >= 4 is 28.5 Å². The molecule has 2 rings (SSSR count). The fraction of sp³-hybridized carbons (Fsp3) is 0.333. The van der Waals surface area contributed by atoms with Crippen LogP contribution in [0.2, 0.25) is 0 Å². The smallest absolute Gasteiger partial charge is 0.408 e. The van der Waals surface area contributed by atoms with Crippen LogP contribution in [-0.4, -0.2) is 23.6 Å². The van der Waals surface area contributed by atoms with E-state index in [9.17, 15) is 9.59 Å². The summed E-state index contributed by atoms with van der Waals surface area (Å²) in [5.74, 6) is -0.300. The summed E-state index contributed by atoms with van der Waals surface area (Å²) < 4.78 is 5.14. The average Bonchev–Trinajstić information content (AvgIpc) is 2.45. The van der Waals surface area contributed by atoms with E-state index in [1.807, 2.05) is 42.5 Å². The first-order chi connectivity index (χ1) is 10.7. The van der Waals surface area contributed by atoms with Gasteiger partial charge in [-0.2, -0.15) is 0 Å². The lowest BCUT2D eigenvalue weighted by Gasteiger charge is -2.21. The highest BCUT2D eigenvalue weighted by Gasteiger charge is 2.21. The van der Waals surface area contributed by atoms with Gasteiger partial charge in [0.1, 0.15) is 11.6 Å². The second kappa shape index (κ2) is 6.69. The molecule has 1 atom stereocenters. The van der Waals surface area contributed by atoms with Gasteiger partial charge in [0, 0.05) is 5.69 Å². The molecule has 0 aromatic heterocycles. The van der Waals surface area contributed by atoms with E-state index in [1.165, 1.54) is 0 Å². The molecule has 23 heavy (non-hydrogen) atoms. The van der Waals surface area contributed by atoms with E-state index in [4.69, 9.17) is 4.74 Å². The van der Waals surface area contributed by atoms with Crippen molar-refractivity contribution in [3.8, 4) is 0 Å². The minimum atomic E-state index is -0.698. The number of carbonyl (C=O) groups excluding carboxylic acids is 2. The molecule has 2 amide bonds. The molecule has 0 heterocycles. The number of anilines is 1. The second-order valence-corrected chi connectivity index (χ2v) is 6.42. The van der Waals surface area contributed by atoms with Crippen molar-refractivity contribution in [2.24, 2.45) is 0 Å². The highest BCUT2D eigenvalue weighted by Crippen LogP contribution is 2.19. The van der Waals surface area contributed by atoms with Crippen LogP contribution >= 0.6 is 0 Å². The predicted octanol–water partition coefficient (Wildman–Crippen LogP) is 3.69. The summed E-state index contributed by atoms with van der Waals surface area (Å²) in [7, 11) is 0. The summed E-state index contributed by atoms with van der Waals surface area (Å²) in [5.41, 5.74) is 0.0880. The summed E-state index contributed by atoms with van der Waals surface area (Å²) in [4.78, 5) is 23.9. The van der Waals surface area contributed by atoms with Gasteiger partial charge in [-0.25, -0.2) is 4.79 Å². The van der Waals surface area contributed by atoms with Crippen LogP contribution in [0.4, 0.5) is 10.5 Å². The lowest BCUT2D eigenvalue weighted by atomic mass is 10.1. The molecule has 2 aromatic carbocycles. The van der Waals surface area contributed by atoms with Crippen molar-refractivity contribution in [2.75, 3.05) is 5.32 Å². The van der Waals surface area contributed by atoms with Crippen molar-refractivity contribution in [1.82, 2.24) is 5.32 Å². The largest absolute Gasteiger partial charge is 0.444 e. The minimum absolute atomic E-state index is 0.300. The molecule has 1 unspecified atom stereocenters. The Labute approximate surface area is 136 Å². The summed E-state index contributed by atoms with van der Waals surface area (Å²) in [5, 5.41) is 7.46. The van der Waals surface area contributed by atoms with E-state index in [0.717, 1.165) is 10.8 Å². The Morgan fingerprint density at radius 3 is 2.35 bits per heavy atom. The molecule has 2 N–H and O–H groups in total. The number of rotatable bonds is 3. The van der Waals surface area contributed by atoms with Gasteiger partial charge in [-0.3, -0.25) is 4.79 Å². The molecule has 2 aromatic rings. The van der Waals surface area contributed by atoms with Crippen molar-refractivity contribution in [2.45, 2.75) is 39.3 Å². The zero-order valence-electron chi connectivity index (χ0n) is 13.8. The lowest BCUT2D eigenvalue weighted by molar-refractivity contribution is -0.117. The molecule has 0 aliphatic heterocycles. The van der Waals surface area contributed by atoms with E-state index in [2.05, 4.69) is 10.6 Å². The second-order valence-electron chi connectivity index (χ2n) is 6.42. The van der Waals surface area contributed by atoms with Gasteiger partial charge < -0.3 is 15.4 Å². The Kier molecular flexibility index (Phi) is 4.89. The SMILES string of the molecule is CC(NC(=O)OC(C)(C)C)C(=O)Nc1ccc2ccccc2c1. The maximum Gasteiger partial charge on any atom is 0.408 e. The quantitative estimate of drug-likeness (QED) is 0.908. The Morgan fingerprint density at radius 1 is 1.04 bits per heavy atom. The van der Waals surface area contributed by atoms with Crippen LogP contribution < -0.4 is 10.6 Å². The Balaban J connectivity index is 1.98. The van der Waals surface area contributed by atoms with Crippen molar-refractivity contribution in [3.05, 3.63) is 42.5 Å². The summed E-state index contributed by atoms with van der Waals surface area (Å²) >= 11 is 0. The first kappa shape index (κ1) is 16.8. The number of hydrogen-bond donors (Lipinski definition) is 2. The van der Waals surface area contributed by atoms with Gasteiger partial charge in [0.25, 0.3) is 0 Å². The fourth-order valence-corrected chi connectivity index (χ4v) is 2.07. The summed E-state index contributed by atoms with van der Waals surface area (Å²) in [6.07, 6.45) is -0.612. The number of hydrogen-bond acceptors (Lipinski definition) is 3. The predicted molar refractivity (Wildman–Crippen MR) is 91.4 cm³/mol. The summed E-state index contributed by atoms with van der Waals surface area (Å²) in [6.45, 7) is 6.92. The Bertz CT molecular complexity index is 720. The third kappa shape index (κ3) is 4.98. The molecule has 0 bridgehead atoms. The van der Waals surface area contributed by atoms with E-state index in [-0.39, 0.29) is 5.91 Å². The maximum atomic E-state index is 12.2. The molecular formula is C18H22N2O3. The van der Waals surface area contributed by atoms with Gasteiger partial charge in [0.05, 0.1) is 0 Å². The van der Waals surface area contributed by atoms with E-state index >= 15 is 0 Å². The zero-order chi connectivity index (χ0) is 17.0. The van der Waals surface area contributed by atoms with Crippen LogP contribution in [0.1, 0.15) is 27.7 Å². The molecule has 0 fully saturated rings. The normalized spacial score (nSPS) is 12.5. The van der Waals surface area contributed by atoms with Crippen molar-refractivity contribution in [1.29, 1.82) is 0 Å². The number of amides is 2. The number of carbonyl (C=O) groups is 2. The molecule has 0 saturated heterocycles. The average molecular weight is 314 g/mol. The number of ether oxygens (including phenoxy) is 1. The van der Waals surface area contributed by atoms with Crippen molar-refractivity contribution in [3.63, 3.8) is 0 Å². The van der Waals surface area contributed by atoms with Crippen LogP contribution in [0.15, 0.2) is 42.5 Å². The molecule has 0 spiro atoms. The van der Waals surface area contributed by atoms with Gasteiger partial charge in [-0.05, 0) is 50.6 Å². The van der Waals surface area contributed by atoms with Gasteiger partial charge >= 0.3 is 6.09 Å². The van der Waals surface area contributed by atoms with Gasteiger partial charge in [-0.1, -0.05) is 30.3 Å². The topological polar surface area (TPSA) is 67.4 Å². The highest BCUT2D eigenvalue weighted by molar-refractivity contribution is 5.98. The fourth-order valence-electron chi connectivity index (χ4n) is 2.07. The number of benzene rings is 2. The van der Waals surface area contributed by atoms with Crippen LogP contribution in [0.25, 0.3) is 10.8 Å². The molecule has 5 heteroatoms. The zero-order valence-corrected chi connectivity index (χ0v) is 13.8. The highest BCUT2D eigenvalue weighted by atomic mass is 16.6. The molecule has 0 aliphatic carbocycles. The molecule has 122 valence electrons. The lowest BCUT2D eigenvalue weighted by Crippen LogP contribution is -2.43. The van der Waals surface area contributed by atoms with Crippen LogP contribution in [0, 0.1) is 0 Å². The Morgan fingerprint density at radius 2 is 1.70 bits per heavy atom. The number of alkyl carbamates (subject to hydrolysis) is 1. The maximum absolute atomic E-state index is 12.2. The molecule has 0 aliphatic rings. The first-order valence-electron chi connectivity index (χ1n) is 7.54. The number of fused-ring (bicyclic) bond motifs is 1. The molecule has 5 nitrogen and oxygen atoms in total. The third-order valence-electron chi connectivity index (χ3n) is 3.14. The molecule has 0 radical (unpaired) electrons. The van der Waals surface area contributed by atoms with Gasteiger partial charge in [0.2, 0.25) is 5.91 Å². The molecule has 0 saturated carbocycles. The Hall–Kier alpha value is -2.56.